The van der Waals surface area contributed by atoms with Crippen molar-refractivity contribution in [2.75, 3.05) is 11.9 Å². The van der Waals surface area contributed by atoms with Crippen molar-refractivity contribution in [2.24, 2.45) is 0 Å². The third-order valence-electron chi connectivity index (χ3n) is 5.79. The molecule has 7 nitrogen and oxygen atoms in total. The fourth-order valence-electron chi connectivity index (χ4n) is 4.13. The predicted molar refractivity (Wildman–Crippen MR) is 137 cm³/mol. The zero-order valence-corrected chi connectivity index (χ0v) is 20.6. The molecule has 3 N–H and O–H groups in total. The number of nitrogens with one attached hydrogen (secondary N) is 2. The summed E-state index contributed by atoms with van der Waals surface area (Å²) in [6.07, 6.45) is -1.41. The van der Waals surface area contributed by atoms with Crippen LogP contribution in [0.2, 0.25) is 0 Å². The van der Waals surface area contributed by atoms with Crippen LogP contribution in [0.25, 0.3) is 11.1 Å². The van der Waals surface area contributed by atoms with Gasteiger partial charge in [0.25, 0.3) is 0 Å². The molecule has 4 rings (SSSR count). The van der Waals surface area contributed by atoms with Gasteiger partial charge in [0.2, 0.25) is 5.91 Å². The predicted octanol–water partition coefficient (Wildman–Crippen LogP) is 5.14. The first-order valence-electron chi connectivity index (χ1n) is 10.9. The Morgan fingerprint density at radius 1 is 1.00 bits per heavy atom. The summed E-state index contributed by atoms with van der Waals surface area (Å²) in [7, 11) is 0. The van der Waals surface area contributed by atoms with E-state index < -0.39 is 29.8 Å². The topological polar surface area (TPSA) is 105 Å². The molecule has 0 aliphatic heterocycles. The van der Waals surface area contributed by atoms with Gasteiger partial charge in [0.05, 0.1) is 5.69 Å². The Bertz CT molecular complexity index is 1240. The second kappa shape index (κ2) is 10.9. The van der Waals surface area contributed by atoms with E-state index in [0.717, 1.165) is 22.3 Å². The number of halogens is 2. The number of anilines is 1. The molecule has 0 aromatic heterocycles. The van der Waals surface area contributed by atoms with Crippen LogP contribution >= 0.6 is 22.6 Å². The highest BCUT2D eigenvalue weighted by atomic mass is 127. The average molecular weight is 588 g/mol. The average Bonchev–Trinajstić information content (AvgIpc) is 3.15. The Balaban J connectivity index is 1.43. The summed E-state index contributed by atoms with van der Waals surface area (Å²) in [5.74, 6) is -2.67. The van der Waals surface area contributed by atoms with Gasteiger partial charge in [0.1, 0.15) is 18.5 Å². The summed E-state index contributed by atoms with van der Waals surface area (Å²) >= 11 is 1.94. The number of carbonyl (C=O) groups excluding carboxylic acids is 2. The minimum absolute atomic E-state index is 0.0406. The SMILES string of the molecule is O=C(O)CCC(NC(=O)OCC1c2ccccc2-c2ccccc21)C(=O)Nc1ccc(I)cc1F. The lowest BCUT2D eigenvalue weighted by molar-refractivity contribution is -0.137. The summed E-state index contributed by atoms with van der Waals surface area (Å²) in [6.45, 7) is 0.0406. The molecule has 0 saturated heterocycles. The Morgan fingerprint density at radius 3 is 2.23 bits per heavy atom. The molecule has 1 aliphatic carbocycles. The molecule has 180 valence electrons. The molecular formula is C26H22FIN2O5. The monoisotopic (exact) mass is 588 g/mol. The molecule has 9 heteroatoms. The highest BCUT2D eigenvalue weighted by Gasteiger charge is 2.30. The summed E-state index contributed by atoms with van der Waals surface area (Å²) < 4.78 is 20.3. The van der Waals surface area contributed by atoms with Crippen LogP contribution in [-0.2, 0) is 14.3 Å². The normalized spacial score (nSPS) is 12.9. The summed E-state index contributed by atoms with van der Waals surface area (Å²) in [5, 5.41) is 13.9. The maximum absolute atomic E-state index is 14.2. The smallest absolute Gasteiger partial charge is 0.407 e. The first-order chi connectivity index (χ1) is 16.8. The third kappa shape index (κ3) is 5.79. The van der Waals surface area contributed by atoms with Crippen molar-refractivity contribution in [3.05, 3.63) is 87.2 Å². The van der Waals surface area contributed by atoms with E-state index in [-0.39, 0.29) is 31.1 Å². The summed E-state index contributed by atoms with van der Waals surface area (Å²) in [4.78, 5) is 36.4. The Hall–Kier alpha value is -3.47. The van der Waals surface area contributed by atoms with Crippen LogP contribution in [-0.4, -0.2) is 35.7 Å². The number of hydrogen-bond acceptors (Lipinski definition) is 4. The number of rotatable bonds is 8. The number of ether oxygens (including phenoxy) is 1. The summed E-state index contributed by atoms with van der Waals surface area (Å²) in [5.41, 5.74) is 4.17. The van der Waals surface area contributed by atoms with Gasteiger partial charge in [0, 0.05) is 15.9 Å². The first kappa shape index (κ1) is 24.6. The zero-order valence-electron chi connectivity index (χ0n) is 18.5. The van der Waals surface area contributed by atoms with Crippen molar-refractivity contribution in [1.29, 1.82) is 0 Å². The van der Waals surface area contributed by atoms with Crippen molar-refractivity contribution < 1.29 is 28.6 Å². The van der Waals surface area contributed by atoms with Gasteiger partial charge >= 0.3 is 12.1 Å². The minimum atomic E-state index is -1.22. The molecule has 35 heavy (non-hydrogen) atoms. The number of aliphatic carboxylic acids is 1. The van der Waals surface area contributed by atoms with E-state index in [1.165, 1.54) is 12.1 Å². The van der Waals surface area contributed by atoms with Crippen LogP contribution in [0.1, 0.15) is 29.9 Å². The highest BCUT2D eigenvalue weighted by molar-refractivity contribution is 14.1. The van der Waals surface area contributed by atoms with Crippen LogP contribution in [0.5, 0.6) is 0 Å². The van der Waals surface area contributed by atoms with Gasteiger partial charge in [-0.25, -0.2) is 9.18 Å². The van der Waals surface area contributed by atoms with Crippen LogP contribution in [0.4, 0.5) is 14.9 Å². The molecule has 1 unspecified atom stereocenters. The number of fused-ring (bicyclic) bond motifs is 3. The molecule has 0 fully saturated rings. The summed E-state index contributed by atoms with van der Waals surface area (Å²) in [6, 6.07) is 18.8. The number of carboxylic acid groups (broad SMARTS) is 1. The molecule has 3 aromatic rings. The number of carbonyl (C=O) groups is 3. The van der Waals surface area contributed by atoms with Crippen molar-refractivity contribution in [1.82, 2.24) is 5.32 Å². The molecule has 2 amide bonds. The lowest BCUT2D eigenvalue weighted by Crippen LogP contribution is -2.44. The Kier molecular flexibility index (Phi) is 7.64. The van der Waals surface area contributed by atoms with E-state index in [2.05, 4.69) is 10.6 Å². The highest BCUT2D eigenvalue weighted by Crippen LogP contribution is 2.44. The van der Waals surface area contributed by atoms with Crippen molar-refractivity contribution in [3.63, 3.8) is 0 Å². The van der Waals surface area contributed by atoms with Crippen LogP contribution in [0, 0.1) is 9.39 Å². The van der Waals surface area contributed by atoms with Gasteiger partial charge in [-0.15, -0.1) is 0 Å². The number of hydrogen-bond donors (Lipinski definition) is 3. The lowest BCUT2D eigenvalue weighted by atomic mass is 9.98. The lowest BCUT2D eigenvalue weighted by Gasteiger charge is -2.19. The van der Waals surface area contributed by atoms with Gasteiger partial charge in [0.15, 0.2) is 0 Å². The quantitative estimate of drug-likeness (QED) is 0.316. The van der Waals surface area contributed by atoms with Crippen LogP contribution in [0.15, 0.2) is 66.7 Å². The van der Waals surface area contributed by atoms with Gasteiger partial charge in [-0.2, -0.15) is 0 Å². The van der Waals surface area contributed by atoms with Gasteiger partial charge in [-0.3, -0.25) is 9.59 Å². The molecular weight excluding hydrogens is 566 g/mol. The van der Waals surface area contributed by atoms with E-state index in [1.807, 2.05) is 71.1 Å². The fourth-order valence-corrected chi connectivity index (χ4v) is 4.58. The maximum Gasteiger partial charge on any atom is 0.407 e. The molecule has 3 aromatic carbocycles. The molecule has 0 heterocycles. The second-order valence-corrected chi connectivity index (χ2v) is 9.31. The van der Waals surface area contributed by atoms with Crippen molar-refractivity contribution in [3.8, 4) is 11.1 Å². The molecule has 0 radical (unpaired) electrons. The molecule has 0 saturated carbocycles. The van der Waals surface area contributed by atoms with Gasteiger partial charge in [-0.05, 0) is 69.5 Å². The van der Waals surface area contributed by atoms with Gasteiger partial charge < -0.3 is 20.5 Å². The van der Waals surface area contributed by atoms with Crippen molar-refractivity contribution >= 4 is 46.2 Å². The zero-order chi connectivity index (χ0) is 24.9. The minimum Gasteiger partial charge on any atom is -0.481 e. The number of amides is 2. The molecule has 0 spiro atoms. The van der Waals surface area contributed by atoms with Crippen molar-refractivity contribution in [2.45, 2.75) is 24.8 Å². The number of carboxylic acids is 1. The maximum atomic E-state index is 14.2. The second-order valence-electron chi connectivity index (χ2n) is 8.07. The van der Waals surface area contributed by atoms with E-state index in [0.29, 0.717) is 3.57 Å². The van der Waals surface area contributed by atoms with Gasteiger partial charge in [-0.1, -0.05) is 48.5 Å². The molecule has 1 atom stereocenters. The molecule has 1 aliphatic rings. The van der Waals surface area contributed by atoms with Crippen LogP contribution in [0.3, 0.4) is 0 Å². The van der Waals surface area contributed by atoms with E-state index in [4.69, 9.17) is 9.84 Å². The van der Waals surface area contributed by atoms with E-state index >= 15 is 0 Å². The Morgan fingerprint density at radius 2 is 1.63 bits per heavy atom. The van der Waals surface area contributed by atoms with E-state index in [1.54, 1.807) is 6.07 Å². The Labute approximate surface area is 214 Å². The first-order valence-corrected chi connectivity index (χ1v) is 12.0. The standard InChI is InChI=1S/C26H22FIN2O5/c27-21-13-15(28)9-10-22(21)29-25(33)23(11-12-24(31)32)30-26(34)35-14-20-18-7-3-1-5-16(18)17-6-2-4-8-19(17)20/h1-10,13,20,23H,11-12,14H2,(H,29,33)(H,30,34)(H,31,32). The van der Waals surface area contributed by atoms with Crippen LogP contribution < -0.4 is 10.6 Å². The number of alkyl carbamates (subject to hydrolysis) is 1. The number of benzene rings is 3. The van der Waals surface area contributed by atoms with E-state index in [9.17, 15) is 18.8 Å². The molecule has 0 bridgehead atoms. The third-order valence-corrected chi connectivity index (χ3v) is 6.46. The fraction of sp³-hybridized carbons (Fsp3) is 0.192. The largest absolute Gasteiger partial charge is 0.481 e.